The Kier molecular flexibility index (Phi) is 6.13. The van der Waals surface area contributed by atoms with Gasteiger partial charge in [-0.3, -0.25) is 9.36 Å². The minimum Gasteiger partial charge on any atom is -0.333 e. The van der Waals surface area contributed by atoms with Crippen molar-refractivity contribution >= 4 is 14.0 Å². The van der Waals surface area contributed by atoms with Gasteiger partial charge in [0, 0.05) is 0 Å². The molecule has 1 amide bonds. The van der Waals surface area contributed by atoms with E-state index in [9.17, 15) is 9.36 Å². The van der Waals surface area contributed by atoms with Gasteiger partial charge in [-0.1, -0.05) is 0 Å². The molecule has 0 aliphatic heterocycles. The van der Waals surface area contributed by atoms with Gasteiger partial charge >= 0.3 is 7.60 Å². The van der Waals surface area contributed by atoms with Crippen molar-refractivity contribution in [3.8, 4) is 6.07 Å². The molecule has 0 saturated heterocycles. The standard InChI is InChI=1S/C7H13N2O4P/c1-3-12-14(11,13-4-2)7(5-8)9-6-10/h6-7H,3-4H2,1-2H3,(H,9,10)/t7-/m0/s1. The number of hydrogen-bond acceptors (Lipinski definition) is 5. The van der Waals surface area contributed by atoms with Crippen LogP contribution >= 0.6 is 7.60 Å². The second kappa shape index (κ2) is 6.55. The van der Waals surface area contributed by atoms with Gasteiger partial charge in [-0.25, -0.2) is 0 Å². The van der Waals surface area contributed by atoms with Gasteiger partial charge in [0.05, 0.1) is 13.2 Å². The highest BCUT2D eigenvalue weighted by Gasteiger charge is 2.35. The Morgan fingerprint density at radius 1 is 1.50 bits per heavy atom. The van der Waals surface area contributed by atoms with Gasteiger partial charge < -0.3 is 14.4 Å². The van der Waals surface area contributed by atoms with Crippen molar-refractivity contribution in [3.05, 3.63) is 0 Å². The number of rotatable bonds is 7. The van der Waals surface area contributed by atoms with Crippen LogP contribution in [0.2, 0.25) is 0 Å². The third-order valence-electron chi connectivity index (χ3n) is 1.28. The fourth-order valence-electron chi connectivity index (χ4n) is 0.810. The first kappa shape index (κ1) is 13.1. The van der Waals surface area contributed by atoms with Gasteiger partial charge in [0.15, 0.2) is 0 Å². The lowest BCUT2D eigenvalue weighted by Gasteiger charge is -2.20. The van der Waals surface area contributed by atoms with Crippen molar-refractivity contribution in [1.82, 2.24) is 5.32 Å². The zero-order chi connectivity index (χ0) is 11.0. The van der Waals surface area contributed by atoms with E-state index in [0.29, 0.717) is 6.41 Å². The first-order chi connectivity index (χ1) is 6.64. The number of nitrogens with zero attached hydrogens (tertiary/aromatic N) is 1. The highest BCUT2D eigenvalue weighted by atomic mass is 31.2. The van der Waals surface area contributed by atoms with E-state index < -0.39 is 13.4 Å². The molecule has 0 radical (unpaired) electrons. The van der Waals surface area contributed by atoms with Gasteiger partial charge in [-0.15, -0.1) is 0 Å². The van der Waals surface area contributed by atoms with E-state index >= 15 is 0 Å². The maximum absolute atomic E-state index is 11.8. The van der Waals surface area contributed by atoms with Crippen LogP contribution < -0.4 is 5.32 Å². The SMILES string of the molecule is CCOP(=O)(OCC)[C@@H](C#N)NC=O. The van der Waals surface area contributed by atoms with Crippen LogP contribution in [0.1, 0.15) is 13.8 Å². The summed E-state index contributed by atoms with van der Waals surface area (Å²) >= 11 is 0. The summed E-state index contributed by atoms with van der Waals surface area (Å²) in [6.45, 7) is 3.55. The first-order valence-corrected chi connectivity index (χ1v) is 5.73. The van der Waals surface area contributed by atoms with E-state index in [1.807, 2.05) is 0 Å². The monoisotopic (exact) mass is 220 g/mol. The molecule has 1 N–H and O–H groups in total. The number of nitriles is 1. The van der Waals surface area contributed by atoms with Gasteiger partial charge in [-0.2, -0.15) is 5.26 Å². The number of nitrogens with one attached hydrogen (secondary N) is 1. The molecule has 0 spiro atoms. The normalized spacial score (nSPS) is 12.9. The minimum absolute atomic E-state index is 0.149. The Labute approximate surface area is 82.7 Å². The second-order valence-corrected chi connectivity index (χ2v) is 4.30. The van der Waals surface area contributed by atoms with Crippen molar-refractivity contribution in [3.63, 3.8) is 0 Å². The largest absolute Gasteiger partial charge is 0.367 e. The molecule has 0 unspecified atom stereocenters. The van der Waals surface area contributed by atoms with Gasteiger partial charge in [-0.05, 0) is 13.8 Å². The summed E-state index contributed by atoms with van der Waals surface area (Å²) < 4.78 is 21.6. The maximum atomic E-state index is 11.8. The molecule has 0 aromatic heterocycles. The highest BCUT2D eigenvalue weighted by Crippen LogP contribution is 2.51. The van der Waals surface area contributed by atoms with Crippen LogP contribution in [0.25, 0.3) is 0 Å². The summed E-state index contributed by atoms with van der Waals surface area (Å²) in [6.07, 6.45) is 0.290. The van der Waals surface area contributed by atoms with E-state index in [4.69, 9.17) is 14.3 Å². The quantitative estimate of drug-likeness (QED) is 0.507. The fraction of sp³-hybridized carbons (Fsp3) is 0.714. The van der Waals surface area contributed by atoms with Crippen LogP contribution in [0.4, 0.5) is 0 Å². The van der Waals surface area contributed by atoms with Crippen LogP contribution in [0, 0.1) is 11.3 Å². The smallest absolute Gasteiger partial charge is 0.333 e. The Hall–Kier alpha value is -0.890. The van der Waals surface area contributed by atoms with Gasteiger partial charge in [0.1, 0.15) is 6.07 Å². The Balaban J connectivity index is 4.68. The molecular formula is C7H13N2O4P. The molecule has 0 bridgehead atoms. The molecule has 0 rings (SSSR count). The van der Waals surface area contributed by atoms with Crippen LogP contribution in [0.15, 0.2) is 0 Å². The van der Waals surface area contributed by atoms with Crippen LogP contribution in [0.5, 0.6) is 0 Å². The molecule has 0 saturated carbocycles. The predicted octanol–water partition coefficient (Wildman–Crippen LogP) is 0.848. The molecule has 0 aliphatic carbocycles. The molecular weight excluding hydrogens is 207 g/mol. The molecule has 0 aromatic carbocycles. The third kappa shape index (κ3) is 3.46. The predicted molar refractivity (Wildman–Crippen MR) is 49.5 cm³/mol. The van der Waals surface area contributed by atoms with Crippen LogP contribution in [-0.4, -0.2) is 25.4 Å². The van der Waals surface area contributed by atoms with Crippen LogP contribution in [0.3, 0.4) is 0 Å². The maximum Gasteiger partial charge on any atom is 0.367 e. The van der Waals surface area contributed by atoms with E-state index in [-0.39, 0.29) is 13.2 Å². The van der Waals surface area contributed by atoms with Crippen molar-refractivity contribution in [2.45, 2.75) is 19.6 Å². The van der Waals surface area contributed by atoms with E-state index in [1.54, 1.807) is 19.9 Å². The minimum atomic E-state index is -3.55. The average molecular weight is 220 g/mol. The molecule has 0 fully saturated rings. The Morgan fingerprint density at radius 3 is 2.29 bits per heavy atom. The zero-order valence-corrected chi connectivity index (χ0v) is 8.99. The molecule has 7 heteroatoms. The molecule has 14 heavy (non-hydrogen) atoms. The number of hydrogen-bond donors (Lipinski definition) is 1. The third-order valence-corrected chi connectivity index (χ3v) is 3.42. The van der Waals surface area contributed by atoms with Gasteiger partial charge in [0.2, 0.25) is 12.2 Å². The summed E-state index contributed by atoms with van der Waals surface area (Å²) in [5.41, 5.74) is 0. The lowest BCUT2D eigenvalue weighted by molar-refractivity contribution is -0.109. The zero-order valence-electron chi connectivity index (χ0n) is 8.10. The van der Waals surface area contributed by atoms with E-state index in [2.05, 4.69) is 5.32 Å². The summed E-state index contributed by atoms with van der Waals surface area (Å²) in [6, 6.07) is 1.66. The van der Waals surface area contributed by atoms with Crippen molar-refractivity contribution in [2.24, 2.45) is 0 Å². The topological polar surface area (TPSA) is 88.4 Å². The average Bonchev–Trinajstić information content (AvgIpc) is 2.14. The molecule has 0 aliphatic rings. The summed E-state index contributed by atoms with van der Waals surface area (Å²) in [5, 5.41) is 10.7. The lowest BCUT2D eigenvalue weighted by Crippen LogP contribution is -2.28. The summed E-state index contributed by atoms with van der Waals surface area (Å²) in [4.78, 5) is 10.1. The lowest BCUT2D eigenvalue weighted by atomic mass is 10.7. The number of carbonyl (C=O) groups excluding carboxylic acids is 1. The molecule has 1 atom stereocenters. The highest BCUT2D eigenvalue weighted by molar-refractivity contribution is 7.54. The van der Waals surface area contributed by atoms with Crippen molar-refractivity contribution in [1.29, 1.82) is 5.26 Å². The van der Waals surface area contributed by atoms with Crippen molar-refractivity contribution in [2.75, 3.05) is 13.2 Å². The fourth-order valence-corrected chi connectivity index (χ4v) is 2.29. The van der Waals surface area contributed by atoms with Crippen LogP contribution in [-0.2, 0) is 18.4 Å². The summed E-state index contributed by atoms with van der Waals surface area (Å²) in [7, 11) is -3.55. The molecule has 80 valence electrons. The second-order valence-electron chi connectivity index (χ2n) is 2.19. The molecule has 6 nitrogen and oxygen atoms in total. The van der Waals surface area contributed by atoms with E-state index in [0.717, 1.165) is 0 Å². The van der Waals surface area contributed by atoms with Gasteiger partial charge in [0.25, 0.3) is 0 Å². The molecule has 0 heterocycles. The van der Waals surface area contributed by atoms with Crippen molar-refractivity contribution < 1.29 is 18.4 Å². The number of carbonyl (C=O) groups is 1. The number of amides is 1. The Morgan fingerprint density at radius 2 is 2.00 bits per heavy atom. The summed E-state index contributed by atoms with van der Waals surface area (Å²) in [5.74, 6) is -1.25. The first-order valence-electron chi connectivity index (χ1n) is 4.12. The Bertz CT molecular complexity index is 253. The van der Waals surface area contributed by atoms with E-state index in [1.165, 1.54) is 0 Å². The molecule has 0 aromatic rings.